The van der Waals surface area contributed by atoms with Crippen LogP contribution in [0.2, 0.25) is 0 Å². The molecule has 0 bridgehead atoms. The average molecular weight is 289 g/mol. The highest BCUT2D eigenvalue weighted by atomic mass is 32.1. The van der Waals surface area contributed by atoms with E-state index >= 15 is 0 Å². The molecule has 3 nitrogen and oxygen atoms in total. The lowest BCUT2D eigenvalue weighted by atomic mass is 9.93. The molecule has 106 valence electrons. The number of nitrogens with zero attached hydrogens (tertiary/aromatic N) is 1. The molecule has 2 aromatic rings. The number of thiazole rings is 1. The van der Waals surface area contributed by atoms with E-state index in [2.05, 4.69) is 4.98 Å². The second-order valence-electron chi connectivity index (χ2n) is 5.07. The van der Waals surface area contributed by atoms with Crippen LogP contribution in [0.5, 0.6) is 0 Å². The Morgan fingerprint density at radius 3 is 2.60 bits per heavy atom. The average Bonchev–Trinajstić information content (AvgIpc) is 2.93. The Morgan fingerprint density at radius 2 is 2.00 bits per heavy atom. The van der Waals surface area contributed by atoms with Gasteiger partial charge in [0, 0.05) is 17.4 Å². The minimum Gasteiger partial charge on any atom is -0.469 e. The molecule has 20 heavy (non-hydrogen) atoms. The van der Waals surface area contributed by atoms with Crippen molar-refractivity contribution in [3.05, 3.63) is 40.7 Å². The van der Waals surface area contributed by atoms with Crippen molar-refractivity contribution >= 4 is 17.3 Å². The van der Waals surface area contributed by atoms with Gasteiger partial charge in [0.2, 0.25) is 0 Å². The Kier molecular flexibility index (Phi) is 4.90. The Balaban J connectivity index is 2.15. The molecule has 0 fully saturated rings. The summed E-state index contributed by atoms with van der Waals surface area (Å²) in [6, 6.07) is 10.1. The summed E-state index contributed by atoms with van der Waals surface area (Å²) < 4.78 is 4.88. The van der Waals surface area contributed by atoms with Crippen LogP contribution in [0.1, 0.15) is 18.9 Å². The summed E-state index contributed by atoms with van der Waals surface area (Å²) >= 11 is 1.60. The summed E-state index contributed by atoms with van der Waals surface area (Å²) in [6.07, 6.45) is 0.641. The number of esters is 1. The quantitative estimate of drug-likeness (QED) is 0.786. The van der Waals surface area contributed by atoms with Crippen LogP contribution in [-0.4, -0.2) is 18.1 Å². The highest BCUT2D eigenvalue weighted by Gasteiger charge is 2.24. The zero-order valence-corrected chi connectivity index (χ0v) is 12.8. The van der Waals surface area contributed by atoms with Gasteiger partial charge in [-0.1, -0.05) is 44.2 Å². The number of carbonyl (C=O) groups excluding carboxylic acids is 1. The van der Waals surface area contributed by atoms with Gasteiger partial charge in [0.05, 0.1) is 23.7 Å². The van der Waals surface area contributed by atoms with Crippen molar-refractivity contribution in [2.75, 3.05) is 7.11 Å². The standard InChI is InChI=1S/C16H19NO2S/c1-11(2)13(16(18)19-3)9-15-17-14(10-20-15)12-7-5-4-6-8-12/h4-8,10-11,13H,9H2,1-3H3. The molecule has 1 unspecified atom stereocenters. The van der Waals surface area contributed by atoms with Crippen molar-refractivity contribution < 1.29 is 9.53 Å². The number of hydrogen-bond acceptors (Lipinski definition) is 4. The third-order valence-corrected chi connectivity index (χ3v) is 4.20. The maximum Gasteiger partial charge on any atom is 0.309 e. The molecule has 1 atom stereocenters. The number of ether oxygens (including phenoxy) is 1. The van der Waals surface area contributed by atoms with Gasteiger partial charge < -0.3 is 4.74 Å². The van der Waals surface area contributed by atoms with E-state index in [1.807, 2.05) is 49.6 Å². The summed E-state index contributed by atoms with van der Waals surface area (Å²) in [5.41, 5.74) is 2.08. The van der Waals surface area contributed by atoms with Gasteiger partial charge in [-0.15, -0.1) is 11.3 Å². The Hall–Kier alpha value is -1.68. The van der Waals surface area contributed by atoms with E-state index in [9.17, 15) is 4.79 Å². The van der Waals surface area contributed by atoms with Crippen LogP contribution in [0.3, 0.4) is 0 Å². The molecular weight excluding hydrogens is 270 g/mol. The van der Waals surface area contributed by atoms with Crippen LogP contribution >= 0.6 is 11.3 Å². The van der Waals surface area contributed by atoms with Crippen molar-refractivity contribution in [3.8, 4) is 11.3 Å². The molecule has 1 aromatic heterocycles. The number of benzene rings is 1. The highest BCUT2D eigenvalue weighted by molar-refractivity contribution is 7.09. The number of carbonyl (C=O) groups is 1. The fraction of sp³-hybridized carbons (Fsp3) is 0.375. The van der Waals surface area contributed by atoms with Gasteiger partial charge in [0.25, 0.3) is 0 Å². The topological polar surface area (TPSA) is 39.2 Å². The van der Waals surface area contributed by atoms with Crippen LogP contribution in [0.4, 0.5) is 0 Å². The monoisotopic (exact) mass is 289 g/mol. The summed E-state index contributed by atoms with van der Waals surface area (Å²) in [6.45, 7) is 4.07. The second kappa shape index (κ2) is 6.66. The van der Waals surface area contributed by atoms with Gasteiger partial charge in [-0.3, -0.25) is 4.79 Å². The first kappa shape index (κ1) is 14.7. The van der Waals surface area contributed by atoms with E-state index in [-0.39, 0.29) is 17.8 Å². The predicted molar refractivity (Wildman–Crippen MR) is 81.6 cm³/mol. The van der Waals surface area contributed by atoms with Gasteiger partial charge in [0.1, 0.15) is 0 Å². The van der Waals surface area contributed by atoms with E-state index in [1.165, 1.54) is 7.11 Å². The van der Waals surface area contributed by atoms with Crippen LogP contribution in [0, 0.1) is 11.8 Å². The minimum absolute atomic E-state index is 0.130. The lowest BCUT2D eigenvalue weighted by Crippen LogP contribution is -2.23. The largest absolute Gasteiger partial charge is 0.469 e. The molecule has 1 aromatic carbocycles. The summed E-state index contributed by atoms with van der Waals surface area (Å²) in [4.78, 5) is 16.4. The van der Waals surface area contributed by atoms with Gasteiger partial charge in [-0.05, 0) is 5.92 Å². The normalized spacial score (nSPS) is 12.4. The molecule has 1 heterocycles. The molecule has 2 rings (SSSR count). The van der Waals surface area contributed by atoms with Crippen molar-refractivity contribution in [1.82, 2.24) is 4.98 Å². The SMILES string of the molecule is COC(=O)C(Cc1nc(-c2ccccc2)cs1)C(C)C. The Bertz CT molecular complexity index is 563. The number of rotatable bonds is 5. The van der Waals surface area contributed by atoms with E-state index < -0.39 is 0 Å². The summed E-state index contributed by atoms with van der Waals surface area (Å²) in [5.74, 6) is -0.0437. The van der Waals surface area contributed by atoms with Crippen LogP contribution in [0.25, 0.3) is 11.3 Å². The molecule has 0 amide bonds. The number of aromatic nitrogens is 1. The minimum atomic E-state index is -0.156. The third kappa shape index (κ3) is 3.45. The maximum absolute atomic E-state index is 11.8. The zero-order chi connectivity index (χ0) is 14.5. The first-order valence-corrected chi connectivity index (χ1v) is 7.57. The lowest BCUT2D eigenvalue weighted by molar-refractivity contribution is -0.146. The number of hydrogen-bond donors (Lipinski definition) is 0. The lowest BCUT2D eigenvalue weighted by Gasteiger charge is -2.16. The van der Waals surface area contributed by atoms with Crippen LogP contribution in [-0.2, 0) is 16.0 Å². The molecule has 0 saturated heterocycles. The van der Waals surface area contributed by atoms with Gasteiger partial charge in [-0.2, -0.15) is 0 Å². The van der Waals surface area contributed by atoms with Gasteiger partial charge in [-0.25, -0.2) is 4.98 Å². The van der Waals surface area contributed by atoms with E-state index in [0.29, 0.717) is 6.42 Å². The Morgan fingerprint density at radius 1 is 1.30 bits per heavy atom. The zero-order valence-electron chi connectivity index (χ0n) is 12.0. The third-order valence-electron chi connectivity index (χ3n) is 3.32. The fourth-order valence-corrected chi connectivity index (χ4v) is 2.94. The van der Waals surface area contributed by atoms with E-state index in [1.54, 1.807) is 11.3 Å². The first-order chi connectivity index (χ1) is 9.61. The molecule has 0 spiro atoms. The Labute approximate surface area is 123 Å². The summed E-state index contributed by atoms with van der Waals surface area (Å²) in [7, 11) is 1.44. The molecule has 0 aliphatic heterocycles. The molecule has 0 N–H and O–H groups in total. The molecule has 0 radical (unpaired) electrons. The molecule has 4 heteroatoms. The summed E-state index contributed by atoms with van der Waals surface area (Å²) in [5, 5.41) is 3.02. The molecule has 0 aliphatic rings. The van der Waals surface area contributed by atoms with Crippen molar-refractivity contribution in [2.45, 2.75) is 20.3 Å². The van der Waals surface area contributed by atoms with E-state index in [4.69, 9.17) is 4.74 Å². The van der Waals surface area contributed by atoms with Gasteiger partial charge >= 0.3 is 5.97 Å². The molecule has 0 aliphatic carbocycles. The van der Waals surface area contributed by atoms with E-state index in [0.717, 1.165) is 16.3 Å². The van der Waals surface area contributed by atoms with Crippen LogP contribution in [0.15, 0.2) is 35.7 Å². The number of methoxy groups -OCH3 is 1. The smallest absolute Gasteiger partial charge is 0.309 e. The highest BCUT2D eigenvalue weighted by Crippen LogP contribution is 2.25. The van der Waals surface area contributed by atoms with Crippen molar-refractivity contribution in [3.63, 3.8) is 0 Å². The predicted octanol–water partition coefficient (Wildman–Crippen LogP) is 3.80. The first-order valence-electron chi connectivity index (χ1n) is 6.69. The molecular formula is C16H19NO2S. The second-order valence-corrected chi connectivity index (χ2v) is 6.01. The van der Waals surface area contributed by atoms with Crippen molar-refractivity contribution in [2.24, 2.45) is 11.8 Å². The van der Waals surface area contributed by atoms with Gasteiger partial charge in [0.15, 0.2) is 0 Å². The maximum atomic E-state index is 11.8. The van der Waals surface area contributed by atoms with Crippen molar-refractivity contribution in [1.29, 1.82) is 0 Å². The van der Waals surface area contributed by atoms with Crippen LogP contribution < -0.4 is 0 Å². The fourth-order valence-electron chi connectivity index (χ4n) is 2.08. The molecule has 0 saturated carbocycles.